The number of fused-ring (bicyclic) bond motifs is 5. The highest BCUT2D eigenvalue weighted by molar-refractivity contribution is 6.22. The molecule has 0 saturated heterocycles. The number of anilines is 4. The average Bonchev–Trinajstić information content (AvgIpc) is 3.74. The van der Waals surface area contributed by atoms with Crippen LogP contribution in [0.1, 0.15) is 47.8 Å². The number of phenols is 2. The number of carbonyl (C=O) groups excluding carboxylic acids is 3. The maximum atomic E-state index is 14.0. The monoisotopic (exact) mass is 1000 g/mol. The number of amides is 2. The summed E-state index contributed by atoms with van der Waals surface area (Å²) in [5, 5.41) is 49.3. The van der Waals surface area contributed by atoms with E-state index in [1.807, 2.05) is 115 Å². The zero-order valence-corrected chi connectivity index (χ0v) is 40.3. The van der Waals surface area contributed by atoms with Crippen LogP contribution in [0.2, 0.25) is 0 Å². The smallest absolute Gasteiger partial charge is 0.259 e. The molecular formula is C61H44N8O7. The van der Waals surface area contributed by atoms with Crippen LogP contribution in [0, 0.1) is 0 Å². The van der Waals surface area contributed by atoms with Gasteiger partial charge in [0, 0.05) is 44.4 Å². The second kappa shape index (κ2) is 21.4. The zero-order valence-electron chi connectivity index (χ0n) is 40.3. The number of hydrogen-bond acceptors (Lipinski definition) is 13. The molecule has 0 fully saturated rings. The molecule has 0 atom stereocenters. The second-order valence-electron chi connectivity index (χ2n) is 17.7. The molecule has 11 rings (SSSR count). The Kier molecular flexibility index (Phi) is 13.5. The zero-order chi connectivity index (χ0) is 52.0. The van der Waals surface area contributed by atoms with Crippen LogP contribution >= 0.6 is 0 Å². The Morgan fingerprint density at radius 1 is 0.434 bits per heavy atom. The molecule has 10 aromatic rings. The van der Waals surface area contributed by atoms with Gasteiger partial charge in [-0.3, -0.25) is 35.0 Å². The van der Waals surface area contributed by atoms with Crippen LogP contribution in [0.5, 0.6) is 11.5 Å². The summed E-state index contributed by atoms with van der Waals surface area (Å²) in [7, 11) is 0. The molecule has 0 bridgehead atoms. The van der Waals surface area contributed by atoms with E-state index >= 15 is 0 Å². The van der Waals surface area contributed by atoms with Crippen LogP contribution in [0.25, 0.3) is 32.7 Å². The lowest BCUT2D eigenvalue weighted by Crippen LogP contribution is -2.14. The van der Waals surface area contributed by atoms with Crippen molar-refractivity contribution in [2.24, 2.45) is 20.5 Å². The Bertz CT molecular complexity index is 3910. The van der Waals surface area contributed by atoms with E-state index in [9.17, 15) is 24.6 Å². The van der Waals surface area contributed by atoms with Crippen LogP contribution in [0.4, 0.5) is 45.5 Å². The van der Waals surface area contributed by atoms with Gasteiger partial charge in [0.2, 0.25) is 0 Å². The Balaban J connectivity index is 0.766. The number of hydrogen-bond donors (Lipinski definition) is 6. The molecule has 0 spiro atoms. The number of phenolic OH excluding ortho intramolecular Hbond substituents is 2. The Morgan fingerprint density at radius 2 is 0.921 bits per heavy atom. The quantitative estimate of drug-likeness (QED) is 0.0401. The van der Waals surface area contributed by atoms with E-state index < -0.39 is 5.91 Å². The summed E-state index contributed by atoms with van der Waals surface area (Å²) in [6, 6.07) is 61.1. The third kappa shape index (κ3) is 10.3. The van der Waals surface area contributed by atoms with Crippen molar-refractivity contribution < 1.29 is 34.3 Å². The first-order chi connectivity index (χ1) is 37.2. The highest BCUT2D eigenvalue weighted by Gasteiger charge is 2.28. The number of carbonyl (C=O) groups is 3. The van der Waals surface area contributed by atoms with Crippen molar-refractivity contribution in [2.45, 2.75) is 13.2 Å². The number of nitrogens with one attached hydrogen (secondary N) is 4. The number of benzene rings is 10. The van der Waals surface area contributed by atoms with Crippen molar-refractivity contribution in [2.75, 3.05) is 21.6 Å². The van der Waals surface area contributed by atoms with E-state index in [4.69, 9.17) is 9.68 Å². The summed E-state index contributed by atoms with van der Waals surface area (Å²) in [5.41, 5.74) is 13.6. The van der Waals surface area contributed by atoms with Crippen molar-refractivity contribution in [1.29, 1.82) is 0 Å². The first kappa shape index (κ1) is 47.9. The van der Waals surface area contributed by atoms with Crippen molar-refractivity contribution in [3.63, 3.8) is 0 Å². The van der Waals surface area contributed by atoms with Gasteiger partial charge in [-0.15, -0.1) is 10.2 Å². The molecular weight excluding hydrogens is 957 g/mol. The molecule has 76 heavy (non-hydrogen) atoms. The fourth-order valence-corrected chi connectivity index (χ4v) is 8.78. The van der Waals surface area contributed by atoms with E-state index in [1.54, 1.807) is 91.0 Å². The van der Waals surface area contributed by atoms with Crippen molar-refractivity contribution >= 4 is 84.6 Å². The molecule has 0 aliphatic heterocycles. The predicted octanol–water partition coefficient (Wildman–Crippen LogP) is 15.0. The normalized spacial score (nSPS) is 11.8. The summed E-state index contributed by atoms with van der Waals surface area (Å²) >= 11 is 0. The number of azo groups is 2. The summed E-state index contributed by atoms with van der Waals surface area (Å²) < 4.78 is 0. The van der Waals surface area contributed by atoms with Gasteiger partial charge in [-0.25, -0.2) is 0 Å². The molecule has 2 amide bonds. The summed E-state index contributed by atoms with van der Waals surface area (Å²) in [4.78, 5) is 51.9. The molecule has 1 aliphatic carbocycles. The van der Waals surface area contributed by atoms with Gasteiger partial charge in [-0.2, -0.15) is 10.2 Å². The maximum absolute atomic E-state index is 14.0. The number of ketones is 1. The highest BCUT2D eigenvalue weighted by atomic mass is 16.6. The van der Waals surface area contributed by atoms with Crippen LogP contribution in [-0.4, -0.2) is 27.8 Å². The minimum absolute atomic E-state index is 0.00953. The van der Waals surface area contributed by atoms with E-state index in [2.05, 4.69) is 42.1 Å². The van der Waals surface area contributed by atoms with E-state index in [1.165, 1.54) is 0 Å². The van der Waals surface area contributed by atoms with Gasteiger partial charge in [-0.05, 0) is 125 Å². The standard InChI is InChI=1S/C61H44N8O7/c70-57-41(36-76-69-45-23-19-37(20-24-45)35-75-68-44-15-5-2-6-16-44)31-39-11-7-9-17-48(39)55(57)66-64-46-27-29-50-51-30-28-47(34-53(51)58(71)52(50)33-46)65-67-56-49-18-10-8-12-40(49)32-54(59(56)72)61(74)63-43-25-21-38(22-26-43)60(73)62-42-13-3-1-4-14-42/h1-34,68-70,72H,35-36H2,(H,62,73)(H,63,74). The van der Waals surface area contributed by atoms with Gasteiger partial charge in [0.15, 0.2) is 11.5 Å². The van der Waals surface area contributed by atoms with Gasteiger partial charge >= 0.3 is 0 Å². The molecule has 15 nitrogen and oxygen atoms in total. The molecule has 1 aliphatic rings. The molecule has 0 saturated carbocycles. The van der Waals surface area contributed by atoms with Crippen molar-refractivity contribution in [1.82, 2.24) is 0 Å². The molecule has 6 N–H and O–H groups in total. The van der Waals surface area contributed by atoms with E-state index in [-0.39, 0.29) is 46.7 Å². The minimum Gasteiger partial charge on any atom is -0.505 e. The van der Waals surface area contributed by atoms with Gasteiger partial charge in [0.25, 0.3) is 11.8 Å². The first-order valence-electron chi connectivity index (χ1n) is 24.0. The molecule has 15 heteroatoms. The fraction of sp³-hybridized carbons (Fsp3) is 0.0328. The summed E-state index contributed by atoms with van der Waals surface area (Å²) in [5.74, 6) is -1.64. The van der Waals surface area contributed by atoms with Gasteiger partial charge in [0.05, 0.1) is 34.9 Å². The topological polar surface area (TPSA) is 208 Å². The van der Waals surface area contributed by atoms with Gasteiger partial charge in [-0.1, -0.05) is 109 Å². The first-order valence-corrected chi connectivity index (χ1v) is 24.0. The molecule has 0 unspecified atom stereocenters. The Morgan fingerprint density at radius 3 is 1.54 bits per heavy atom. The molecule has 370 valence electrons. The van der Waals surface area contributed by atoms with E-state index in [0.717, 1.165) is 16.6 Å². The highest BCUT2D eigenvalue weighted by Crippen LogP contribution is 2.44. The molecule has 0 aromatic heterocycles. The summed E-state index contributed by atoms with van der Waals surface area (Å²) in [6.07, 6.45) is 0. The lowest BCUT2D eigenvalue weighted by atomic mass is 10.0. The van der Waals surface area contributed by atoms with Crippen LogP contribution in [0.3, 0.4) is 0 Å². The van der Waals surface area contributed by atoms with Crippen LogP contribution in [0.15, 0.2) is 227 Å². The number of nitrogens with zero attached hydrogens (tertiary/aromatic N) is 4. The van der Waals surface area contributed by atoms with Crippen molar-refractivity contribution in [3.8, 4) is 22.6 Å². The SMILES string of the molecule is O=C(Nc1ccccc1)c1ccc(NC(=O)c2cc3ccccc3c(N=Nc3ccc4c(c3)C(=O)c3cc(N=Nc5c(O)c(CONc6ccc(CONc7ccccc7)cc6)cc6ccccc56)ccc3-4)c2O)cc1. The largest absolute Gasteiger partial charge is 0.505 e. The number of aromatic hydroxyl groups is 2. The fourth-order valence-electron chi connectivity index (χ4n) is 8.78. The lowest BCUT2D eigenvalue weighted by molar-refractivity contribution is 0.101. The van der Waals surface area contributed by atoms with Gasteiger partial charge in [0.1, 0.15) is 23.7 Å². The van der Waals surface area contributed by atoms with Crippen LogP contribution < -0.4 is 21.6 Å². The minimum atomic E-state index is -0.601. The third-order valence-electron chi connectivity index (χ3n) is 12.6. The lowest BCUT2D eigenvalue weighted by Gasteiger charge is -2.12. The third-order valence-corrected chi connectivity index (χ3v) is 12.6. The Labute approximate surface area is 434 Å². The van der Waals surface area contributed by atoms with E-state index in [0.29, 0.717) is 84.6 Å². The predicted molar refractivity (Wildman–Crippen MR) is 293 cm³/mol. The maximum Gasteiger partial charge on any atom is 0.259 e. The van der Waals surface area contributed by atoms with Crippen LogP contribution in [-0.2, 0) is 22.9 Å². The molecule has 0 heterocycles. The second-order valence-corrected chi connectivity index (χ2v) is 17.7. The summed E-state index contributed by atoms with van der Waals surface area (Å²) in [6.45, 7) is 0.368. The van der Waals surface area contributed by atoms with Crippen molar-refractivity contribution in [3.05, 3.63) is 240 Å². The van der Waals surface area contributed by atoms with Gasteiger partial charge < -0.3 is 20.8 Å². The number of para-hydroxylation sites is 2. The molecule has 0 radical (unpaired) electrons. The molecule has 10 aromatic carbocycles. The number of rotatable bonds is 16. The average molecular weight is 1000 g/mol. The Hall–Kier alpha value is -10.4.